The molecule has 0 radical (unpaired) electrons. The highest BCUT2D eigenvalue weighted by molar-refractivity contribution is 5.78. The monoisotopic (exact) mass is 385 g/mol. The van der Waals surface area contributed by atoms with Gasteiger partial charge in [-0.2, -0.15) is 13.2 Å². The van der Waals surface area contributed by atoms with Crippen molar-refractivity contribution in [2.75, 3.05) is 50.7 Å². The third kappa shape index (κ3) is 5.09. The molecule has 0 aliphatic carbocycles. The van der Waals surface area contributed by atoms with E-state index >= 15 is 0 Å². The molecule has 6 nitrogen and oxygen atoms in total. The second kappa shape index (κ2) is 8.00. The molecule has 2 unspecified atom stereocenters. The first-order valence-electron chi connectivity index (χ1n) is 9.37. The number of anilines is 1. The number of hydrogen-bond donors (Lipinski definition) is 0. The van der Waals surface area contributed by atoms with Gasteiger partial charge in [0.2, 0.25) is 11.9 Å². The summed E-state index contributed by atoms with van der Waals surface area (Å²) in [7, 11) is 0. The average molecular weight is 385 g/mol. The Morgan fingerprint density at radius 2 is 1.78 bits per heavy atom. The molecule has 2 fully saturated rings. The molecule has 150 valence electrons. The molecule has 1 aromatic heterocycles. The van der Waals surface area contributed by atoms with E-state index in [4.69, 9.17) is 0 Å². The summed E-state index contributed by atoms with van der Waals surface area (Å²) in [5, 5.41) is 0. The van der Waals surface area contributed by atoms with Crippen LogP contribution in [0.1, 0.15) is 26.0 Å². The van der Waals surface area contributed by atoms with Crippen LogP contribution >= 0.6 is 0 Å². The van der Waals surface area contributed by atoms with Crippen molar-refractivity contribution < 1.29 is 18.0 Å². The Balaban J connectivity index is 1.53. The van der Waals surface area contributed by atoms with E-state index in [2.05, 4.69) is 28.7 Å². The van der Waals surface area contributed by atoms with Gasteiger partial charge in [0.05, 0.1) is 6.54 Å². The van der Waals surface area contributed by atoms with Crippen LogP contribution in [0.4, 0.5) is 19.1 Å². The van der Waals surface area contributed by atoms with Crippen LogP contribution in [0.2, 0.25) is 0 Å². The number of nitrogens with zero attached hydrogens (tertiary/aromatic N) is 5. The number of piperidine rings is 1. The Labute approximate surface area is 157 Å². The number of halogens is 3. The van der Waals surface area contributed by atoms with Crippen LogP contribution in [0.3, 0.4) is 0 Å². The number of hydrogen-bond acceptors (Lipinski definition) is 5. The van der Waals surface area contributed by atoms with Crippen molar-refractivity contribution in [1.29, 1.82) is 0 Å². The minimum Gasteiger partial charge on any atom is -0.341 e. The third-order valence-corrected chi connectivity index (χ3v) is 5.17. The number of likely N-dealkylation sites (tertiary alicyclic amines) is 1. The molecule has 0 bridgehead atoms. The van der Waals surface area contributed by atoms with E-state index in [1.54, 1.807) is 4.90 Å². The van der Waals surface area contributed by atoms with Gasteiger partial charge in [-0.3, -0.25) is 9.69 Å². The van der Waals surface area contributed by atoms with Crippen LogP contribution in [0, 0.1) is 11.8 Å². The molecule has 0 N–H and O–H groups in total. The summed E-state index contributed by atoms with van der Waals surface area (Å²) >= 11 is 0. The minimum absolute atomic E-state index is 0.0921. The minimum atomic E-state index is -4.48. The maximum atomic E-state index is 12.8. The van der Waals surface area contributed by atoms with Gasteiger partial charge in [0, 0.05) is 45.5 Å². The lowest BCUT2D eigenvalue weighted by Crippen LogP contribution is -2.52. The normalized spacial score (nSPS) is 24.9. The second-order valence-corrected chi connectivity index (χ2v) is 7.75. The summed E-state index contributed by atoms with van der Waals surface area (Å²) in [5.41, 5.74) is -0.932. The summed E-state index contributed by atoms with van der Waals surface area (Å²) in [6.45, 7) is 8.52. The first kappa shape index (κ1) is 19.9. The molecule has 2 aliphatic heterocycles. The van der Waals surface area contributed by atoms with Crippen molar-refractivity contribution in [1.82, 2.24) is 19.8 Å². The van der Waals surface area contributed by atoms with Crippen molar-refractivity contribution in [3.05, 3.63) is 18.0 Å². The zero-order valence-electron chi connectivity index (χ0n) is 15.7. The molecule has 1 aromatic rings. The topological polar surface area (TPSA) is 52.6 Å². The number of aromatic nitrogens is 2. The number of carbonyl (C=O) groups is 1. The van der Waals surface area contributed by atoms with Crippen LogP contribution in [0.15, 0.2) is 12.3 Å². The van der Waals surface area contributed by atoms with Crippen molar-refractivity contribution in [3.63, 3.8) is 0 Å². The highest BCUT2D eigenvalue weighted by Gasteiger charge is 2.34. The number of carbonyl (C=O) groups excluding carboxylic acids is 1. The Morgan fingerprint density at radius 1 is 1.15 bits per heavy atom. The molecule has 0 aromatic carbocycles. The number of piperazine rings is 1. The Morgan fingerprint density at radius 3 is 2.37 bits per heavy atom. The summed E-state index contributed by atoms with van der Waals surface area (Å²) in [5.74, 6) is 1.27. The van der Waals surface area contributed by atoms with E-state index in [0.717, 1.165) is 31.8 Å². The average Bonchev–Trinajstić information content (AvgIpc) is 2.61. The van der Waals surface area contributed by atoms with E-state index < -0.39 is 11.9 Å². The maximum Gasteiger partial charge on any atom is 0.433 e. The van der Waals surface area contributed by atoms with Gasteiger partial charge >= 0.3 is 6.18 Å². The number of alkyl halides is 3. The molecule has 0 saturated carbocycles. The Bertz CT molecular complexity index is 651. The Kier molecular flexibility index (Phi) is 5.88. The molecular formula is C18H26F3N5O. The van der Waals surface area contributed by atoms with Crippen molar-refractivity contribution >= 4 is 11.9 Å². The fourth-order valence-electron chi connectivity index (χ4n) is 3.92. The van der Waals surface area contributed by atoms with E-state index in [1.165, 1.54) is 0 Å². The lowest BCUT2D eigenvalue weighted by molar-refractivity contribution is -0.141. The third-order valence-electron chi connectivity index (χ3n) is 5.17. The summed E-state index contributed by atoms with van der Waals surface area (Å²) in [6.07, 6.45) is -2.19. The van der Waals surface area contributed by atoms with Gasteiger partial charge in [-0.1, -0.05) is 13.8 Å². The van der Waals surface area contributed by atoms with Gasteiger partial charge in [-0.05, 0) is 24.3 Å². The largest absolute Gasteiger partial charge is 0.433 e. The lowest BCUT2D eigenvalue weighted by atomic mass is 9.92. The van der Waals surface area contributed by atoms with Crippen LogP contribution < -0.4 is 4.90 Å². The first-order valence-corrected chi connectivity index (χ1v) is 9.37. The predicted octanol–water partition coefficient (Wildman–Crippen LogP) is 2.12. The molecule has 2 saturated heterocycles. The van der Waals surface area contributed by atoms with Gasteiger partial charge in [-0.25, -0.2) is 9.97 Å². The van der Waals surface area contributed by atoms with Gasteiger partial charge in [0.1, 0.15) is 5.69 Å². The van der Waals surface area contributed by atoms with Gasteiger partial charge < -0.3 is 9.80 Å². The van der Waals surface area contributed by atoms with Crippen LogP contribution in [0.5, 0.6) is 0 Å². The van der Waals surface area contributed by atoms with Gasteiger partial charge in [-0.15, -0.1) is 0 Å². The summed E-state index contributed by atoms with van der Waals surface area (Å²) in [6, 6.07) is 0.874. The number of rotatable bonds is 3. The van der Waals surface area contributed by atoms with E-state index in [0.29, 0.717) is 44.6 Å². The maximum absolute atomic E-state index is 12.8. The molecule has 1 amide bonds. The smallest absolute Gasteiger partial charge is 0.341 e. The molecule has 2 aliphatic rings. The van der Waals surface area contributed by atoms with Crippen molar-refractivity contribution in [3.8, 4) is 0 Å². The molecule has 0 spiro atoms. The number of amides is 1. The zero-order chi connectivity index (χ0) is 19.6. The molecule has 2 atom stereocenters. The van der Waals surface area contributed by atoms with Crippen LogP contribution in [-0.2, 0) is 11.0 Å². The highest BCUT2D eigenvalue weighted by atomic mass is 19.4. The standard InChI is InChI=1S/C18H26F3N5O/c1-13-9-14(2)11-26(10-13)16(27)12-24-5-7-25(8-6-24)17-22-4-3-15(23-17)18(19,20)21/h3-4,13-14H,5-12H2,1-2H3. The zero-order valence-corrected chi connectivity index (χ0v) is 15.7. The molecule has 3 rings (SSSR count). The van der Waals surface area contributed by atoms with E-state index in [1.807, 2.05) is 4.90 Å². The van der Waals surface area contributed by atoms with E-state index in [9.17, 15) is 18.0 Å². The van der Waals surface area contributed by atoms with Crippen molar-refractivity contribution in [2.45, 2.75) is 26.4 Å². The van der Waals surface area contributed by atoms with Crippen LogP contribution in [0.25, 0.3) is 0 Å². The first-order chi connectivity index (χ1) is 12.7. The molecule has 27 heavy (non-hydrogen) atoms. The summed E-state index contributed by atoms with van der Waals surface area (Å²) < 4.78 is 38.4. The molecular weight excluding hydrogens is 359 g/mol. The summed E-state index contributed by atoms with van der Waals surface area (Å²) in [4.78, 5) is 25.9. The van der Waals surface area contributed by atoms with Crippen LogP contribution in [-0.4, -0.2) is 71.5 Å². The fraction of sp³-hybridized carbons (Fsp3) is 0.722. The lowest BCUT2D eigenvalue weighted by Gasteiger charge is -2.38. The molecule has 3 heterocycles. The van der Waals surface area contributed by atoms with Gasteiger partial charge in [0.15, 0.2) is 0 Å². The quantitative estimate of drug-likeness (QED) is 0.798. The highest BCUT2D eigenvalue weighted by Crippen LogP contribution is 2.28. The van der Waals surface area contributed by atoms with Gasteiger partial charge in [0.25, 0.3) is 0 Å². The SMILES string of the molecule is CC1CC(C)CN(C(=O)CN2CCN(c3nccc(C(F)(F)F)n3)CC2)C1. The fourth-order valence-corrected chi connectivity index (χ4v) is 3.92. The van der Waals surface area contributed by atoms with Crippen molar-refractivity contribution in [2.24, 2.45) is 11.8 Å². The Hall–Kier alpha value is -1.90. The van der Waals surface area contributed by atoms with E-state index in [-0.39, 0.29) is 11.9 Å². The second-order valence-electron chi connectivity index (χ2n) is 7.75. The molecule has 9 heteroatoms. The predicted molar refractivity (Wildman–Crippen MR) is 95.2 cm³/mol.